The highest BCUT2D eigenvalue weighted by Gasteiger charge is 2.25. The Hall–Kier alpha value is -1.91. The van der Waals surface area contributed by atoms with Gasteiger partial charge in [-0.25, -0.2) is 9.78 Å². The van der Waals surface area contributed by atoms with E-state index in [1.54, 1.807) is 26.8 Å². The molecule has 1 N–H and O–H groups in total. The van der Waals surface area contributed by atoms with Crippen LogP contribution >= 0.6 is 0 Å². The Balaban J connectivity index is 2.03. The number of carbonyl (C=O) groups is 2. The molecule has 2 rings (SSSR count). The lowest BCUT2D eigenvalue weighted by Gasteiger charge is -2.19. The van der Waals surface area contributed by atoms with Crippen LogP contribution in [0.15, 0.2) is 18.2 Å². The predicted octanol–water partition coefficient (Wildman–Crippen LogP) is 3.27. The van der Waals surface area contributed by atoms with Crippen molar-refractivity contribution in [2.75, 3.05) is 5.32 Å². The summed E-state index contributed by atoms with van der Waals surface area (Å²) in [4.78, 5) is 27.4. The molecule has 1 fully saturated rings. The second-order valence-electron chi connectivity index (χ2n) is 6.05. The maximum atomic E-state index is 11.7. The highest BCUT2D eigenvalue weighted by atomic mass is 16.6. The van der Waals surface area contributed by atoms with Crippen molar-refractivity contribution in [1.29, 1.82) is 0 Å². The van der Waals surface area contributed by atoms with Gasteiger partial charge in [0.1, 0.15) is 17.2 Å². The first-order chi connectivity index (χ1) is 9.33. The molecule has 0 radical (unpaired) electrons. The lowest BCUT2D eigenvalue weighted by molar-refractivity contribution is -0.117. The van der Waals surface area contributed by atoms with Crippen LogP contribution < -0.4 is 5.32 Å². The molecule has 1 unspecified atom stereocenters. The Labute approximate surface area is 118 Å². The Morgan fingerprint density at radius 1 is 1.40 bits per heavy atom. The molecular formula is C15H20N2O3. The van der Waals surface area contributed by atoms with E-state index in [1.165, 1.54) is 0 Å². The molecule has 1 aliphatic carbocycles. The zero-order chi connectivity index (χ0) is 14.8. The first-order valence-electron chi connectivity index (χ1n) is 6.82. The van der Waals surface area contributed by atoms with E-state index in [0.717, 1.165) is 12.1 Å². The first-order valence-corrected chi connectivity index (χ1v) is 6.82. The molecule has 108 valence electrons. The number of pyridine rings is 1. The number of nitrogens with one attached hydrogen (secondary N) is 1. The Bertz CT molecular complexity index is 520. The molecule has 1 aromatic heterocycles. The topological polar surface area (TPSA) is 68.3 Å². The molecular weight excluding hydrogens is 256 g/mol. The van der Waals surface area contributed by atoms with Gasteiger partial charge >= 0.3 is 6.09 Å². The van der Waals surface area contributed by atoms with E-state index in [0.29, 0.717) is 18.7 Å². The minimum atomic E-state index is -0.542. The van der Waals surface area contributed by atoms with Crippen molar-refractivity contribution in [2.45, 2.75) is 51.6 Å². The average molecular weight is 276 g/mol. The van der Waals surface area contributed by atoms with Gasteiger partial charge in [-0.15, -0.1) is 0 Å². The van der Waals surface area contributed by atoms with Crippen LogP contribution in [0.1, 0.15) is 51.6 Å². The van der Waals surface area contributed by atoms with Gasteiger partial charge in [0, 0.05) is 24.5 Å². The number of ether oxygens (including phenoxy) is 1. The van der Waals surface area contributed by atoms with Gasteiger partial charge in [-0.05, 0) is 39.3 Å². The molecule has 1 saturated carbocycles. The first kappa shape index (κ1) is 14.5. The van der Waals surface area contributed by atoms with Crippen LogP contribution in [0, 0.1) is 0 Å². The molecule has 5 heteroatoms. The van der Waals surface area contributed by atoms with Crippen molar-refractivity contribution >= 4 is 17.7 Å². The van der Waals surface area contributed by atoms with Gasteiger partial charge < -0.3 is 4.74 Å². The third-order valence-corrected chi connectivity index (χ3v) is 3.06. The quantitative estimate of drug-likeness (QED) is 0.900. The van der Waals surface area contributed by atoms with Crippen LogP contribution in [0.25, 0.3) is 0 Å². The number of anilines is 1. The summed E-state index contributed by atoms with van der Waals surface area (Å²) in [6, 6.07) is 5.44. The molecule has 0 bridgehead atoms. The number of rotatable bonds is 2. The van der Waals surface area contributed by atoms with Gasteiger partial charge in [-0.3, -0.25) is 10.1 Å². The van der Waals surface area contributed by atoms with Crippen molar-refractivity contribution < 1.29 is 14.3 Å². The molecule has 1 atom stereocenters. The van der Waals surface area contributed by atoms with Crippen LogP contribution in [-0.4, -0.2) is 22.5 Å². The Morgan fingerprint density at radius 2 is 2.15 bits per heavy atom. The fourth-order valence-corrected chi connectivity index (χ4v) is 2.22. The number of hydrogen-bond donors (Lipinski definition) is 1. The summed E-state index contributed by atoms with van der Waals surface area (Å²) in [5.74, 6) is 0.904. The zero-order valence-corrected chi connectivity index (χ0v) is 12.1. The monoisotopic (exact) mass is 276 g/mol. The number of nitrogens with zero attached hydrogens (tertiary/aromatic N) is 1. The molecule has 1 amide bonds. The highest BCUT2D eigenvalue weighted by molar-refractivity contribution is 5.84. The summed E-state index contributed by atoms with van der Waals surface area (Å²) >= 11 is 0. The fourth-order valence-electron chi connectivity index (χ4n) is 2.22. The van der Waals surface area contributed by atoms with E-state index < -0.39 is 11.7 Å². The van der Waals surface area contributed by atoms with Gasteiger partial charge in [0.05, 0.1) is 0 Å². The van der Waals surface area contributed by atoms with Crippen molar-refractivity contribution in [3.63, 3.8) is 0 Å². The molecule has 1 heterocycles. The number of aromatic nitrogens is 1. The third-order valence-electron chi connectivity index (χ3n) is 3.06. The normalized spacial score (nSPS) is 18.9. The Kier molecular flexibility index (Phi) is 4.06. The van der Waals surface area contributed by atoms with E-state index >= 15 is 0 Å². The molecule has 1 aliphatic rings. The lowest BCUT2D eigenvalue weighted by atomic mass is 10.0. The molecule has 0 aliphatic heterocycles. The lowest BCUT2D eigenvalue weighted by Crippen LogP contribution is -2.27. The highest BCUT2D eigenvalue weighted by Crippen LogP contribution is 2.31. The van der Waals surface area contributed by atoms with Crippen LogP contribution in [0.2, 0.25) is 0 Å². The van der Waals surface area contributed by atoms with Crippen LogP contribution in [0.5, 0.6) is 0 Å². The van der Waals surface area contributed by atoms with Crippen LogP contribution in [0.4, 0.5) is 10.6 Å². The zero-order valence-electron chi connectivity index (χ0n) is 12.1. The molecule has 1 aromatic rings. The van der Waals surface area contributed by atoms with Crippen LogP contribution in [0.3, 0.4) is 0 Å². The Morgan fingerprint density at radius 3 is 2.75 bits per heavy atom. The minimum Gasteiger partial charge on any atom is -0.444 e. The summed E-state index contributed by atoms with van der Waals surface area (Å²) < 4.78 is 5.18. The molecule has 0 saturated heterocycles. The molecule has 5 nitrogen and oxygen atoms in total. The smallest absolute Gasteiger partial charge is 0.413 e. The number of amides is 1. The minimum absolute atomic E-state index is 0.169. The third kappa shape index (κ3) is 4.05. The van der Waals surface area contributed by atoms with Gasteiger partial charge in [0.25, 0.3) is 0 Å². The van der Waals surface area contributed by atoms with Crippen molar-refractivity contribution in [2.24, 2.45) is 0 Å². The number of hydrogen-bond acceptors (Lipinski definition) is 4. The molecule has 20 heavy (non-hydrogen) atoms. The average Bonchev–Trinajstić information content (AvgIpc) is 2.73. The van der Waals surface area contributed by atoms with E-state index in [-0.39, 0.29) is 11.7 Å². The van der Waals surface area contributed by atoms with Gasteiger partial charge in [-0.2, -0.15) is 0 Å². The number of carbonyl (C=O) groups excluding carboxylic acids is 2. The number of Topliss-reactive ketones (excluding diaryl/α,β-unsaturated/α-hetero) is 1. The van der Waals surface area contributed by atoms with Gasteiger partial charge in [0.15, 0.2) is 0 Å². The maximum absolute atomic E-state index is 11.7. The standard InChI is InChI=1S/C15H20N2O3/c1-15(2,3)20-14(19)17-13-6-4-5-12(16-13)10-7-8-11(18)9-10/h4-6,10H,7-9H2,1-3H3,(H,16,17,19). The number of ketones is 1. The van der Waals surface area contributed by atoms with Crippen molar-refractivity contribution in [1.82, 2.24) is 4.98 Å². The molecule has 0 spiro atoms. The fraction of sp³-hybridized carbons (Fsp3) is 0.533. The van der Waals surface area contributed by atoms with E-state index in [9.17, 15) is 9.59 Å². The van der Waals surface area contributed by atoms with Crippen molar-refractivity contribution in [3.8, 4) is 0 Å². The second-order valence-corrected chi connectivity index (χ2v) is 6.05. The van der Waals surface area contributed by atoms with E-state index in [1.807, 2.05) is 12.1 Å². The van der Waals surface area contributed by atoms with Gasteiger partial charge in [0.2, 0.25) is 0 Å². The summed E-state index contributed by atoms with van der Waals surface area (Å²) in [6.45, 7) is 5.42. The summed E-state index contributed by atoms with van der Waals surface area (Å²) in [5.41, 5.74) is 0.309. The maximum Gasteiger partial charge on any atom is 0.413 e. The molecule has 0 aromatic carbocycles. The largest absolute Gasteiger partial charge is 0.444 e. The van der Waals surface area contributed by atoms with Crippen molar-refractivity contribution in [3.05, 3.63) is 23.9 Å². The second kappa shape index (κ2) is 5.61. The van der Waals surface area contributed by atoms with E-state index in [2.05, 4.69) is 10.3 Å². The SMILES string of the molecule is CC(C)(C)OC(=O)Nc1cccc(C2CCC(=O)C2)n1. The predicted molar refractivity (Wildman–Crippen MR) is 75.7 cm³/mol. The summed E-state index contributed by atoms with van der Waals surface area (Å²) in [6.07, 6.45) is 1.48. The summed E-state index contributed by atoms with van der Waals surface area (Å²) in [7, 11) is 0. The van der Waals surface area contributed by atoms with Crippen LogP contribution in [-0.2, 0) is 9.53 Å². The summed E-state index contributed by atoms with van der Waals surface area (Å²) in [5, 5.41) is 2.62. The van der Waals surface area contributed by atoms with Gasteiger partial charge in [-0.1, -0.05) is 6.07 Å². The van der Waals surface area contributed by atoms with E-state index in [4.69, 9.17) is 4.74 Å².